The van der Waals surface area contributed by atoms with E-state index in [1.54, 1.807) is 0 Å². The Morgan fingerprint density at radius 3 is 2.83 bits per heavy atom. The molecule has 0 radical (unpaired) electrons. The summed E-state index contributed by atoms with van der Waals surface area (Å²) in [6.45, 7) is 5.46. The average Bonchev–Trinajstić information content (AvgIpc) is 2.73. The van der Waals surface area contributed by atoms with Crippen molar-refractivity contribution in [3.63, 3.8) is 0 Å². The lowest BCUT2D eigenvalue weighted by Crippen LogP contribution is -2.48. The van der Waals surface area contributed by atoms with Crippen LogP contribution in [0, 0.1) is 23.2 Å². The molecule has 2 fully saturated rings. The van der Waals surface area contributed by atoms with E-state index in [1.165, 1.54) is 6.92 Å². The minimum absolute atomic E-state index is 0.0529. The maximum atomic E-state index is 11.3. The van der Waals surface area contributed by atoms with Crippen LogP contribution in [0.3, 0.4) is 0 Å². The van der Waals surface area contributed by atoms with Gasteiger partial charge in [-0.3, -0.25) is 4.79 Å². The number of hydrogen-bond donors (Lipinski definition) is 1. The Morgan fingerprint density at radius 1 is 1.52 bits per heavy atom. The molecule has 1 saturated heterocycles. The Labute approximate surface area is 146 Å². The Morgan fingerprint density at radius 2 is 2.22 bits per heavy atom. The molecule has 23 heavy (non-hydrogen) atoms. The number of carbonyl (C=O) groups is 1. The highest BCUT2D eigenvalue weighted by Gasteiger charge is 2.56. The van der Waals surface area contributed by atoms with Gasteiger partial charge in [0.15, 0.2) is 0 Å². The smallest absolute Gasteiger partial charge is 0.303 e. The van der Waals surface area contributed by atoms with Crippen LogP contribution in [0.2, 0.25) is 0 Å². The Hall–Kier alpha value is -0.640. The predicted octanol–water partition coefficient (Wildman–Crippen LogP) is 2.94. The first-order valence-electron chi connectivity index (χ1n) is 8.34. The van der Waals surface area contributed by atoms with Crippen LogP contribution in [0.1, 0.15) is 52.9 Å². The van der Waals surface area contributed by atoms with Crippen molar-refractivity contribution in [2.45, 2.75) is 81.6 Å². The number of aliphatic hydroxyl groups is 1. The highest BCUT2D eigenvalue weighted by atomic mass is 79.9. The SMILES string of the molecule is CC(=O)O[C@@H]1C(Br)CC2(O)C[C@H]1OC2CCC(C)C[C@@H](C)C#N. The Balaban J connectivity index is 1.93. The second-order valence-electron chi connectivity index (χ2n) is 7.21. The number of ether oxygens (including phenoxy) is 2. The lowest BCUT2D eigenvalue weighted by atomic mass is 9.79. The molecule has 7 atom stereocenters. The first kappa shape index (κ1) is 18.7. The van der Waals surface area contributed by atoms with Crippen LogP contribution >= 0.6 is 15.9 Å². The lowest BCUT2D eigenvalue weighted by Gasteiger charge is -2.36. The number of nitriles is 1. The summed E-state index contributed by atoms with van der Waals surface area (Å²) in [5.74, 6) is 0.148. The summed E-state index contributed by atoms with van der Waals surface area (Å²) in [6, 6.07) is 2.26. The van der Waals surface area contributed by atoms with E-state index >= 15 is 0 Å². The van der Waals surface area contributed by atoms with E-state index in [0.717, 1.165) is 19.3 Å². The number of halogens is 1. The third-order valence-electron chi connectivity index (χ3n) is 4.96. The average molecular weight is 388 g/mol. The van der Waals surface area contributed by atoms with Gasteiger partial charge in [-0.25, -0.2) is 0 Å². The molecule has 2 rings (SSSR count). The first-order chi connectivity index (χ1) is 10.7. The van der Waals surface area contributed by atoms with Crippen molar-refractivity contribution in [3.8, 4) is 6.07 Å². The second kappa shape index (κ2) is 7.50. The molecule has 1 N–H and O–H groups in total. The van der Waals surface area contributed by atoms with Gasteiger partial charge in [0.2, 0.25) is 0 Å². The highest BCUT2D eigenvalue weighted by molar-refractivity contribution is 9.09. The molecule has 0 aromatic rings. The molecule has 4 unspecified atom stereocenters. The van der Waals surface area contributed by atoms with E-state index in [0.29, 0.717) is 18.8 Å². The Kier molecular flexibility index (Phi) is 6.10. The van der Waals surface area contributed by atoms with Gasteiger partial charge < -0.3 is 14.6 Å². The summed E-state index contributed by atoms with van der Waals surface area (Å²) in [5, 5.41) is 19.8. The van der Waals surface area contributed by atoms with Crippen LogP contribution in [-0.4, -0.2) is 39.8 Å². The van der Waals surface area contributed by atoms with Gasteiger partial charge in [0.1, 0.15) is 6.10 Å². The molecule has 0 aromatic heterocycles. The van der Waals surface area contributed by atoms with Crippen molar-refractivity contribution in [1.29, 1.82) is 5.26 Å². The standard InChI is InChI=1S/C17H26BrNO4/c1-10(6-11(2)9-19)4-5-15-17(21)7-13(18)16(22-12(3)20)14(8-17)23-15/h10-11,13-16,21H,4-8H2,1-3H3/t10?,11-,13?,14-,15?,16-,17?/m1/s1. The molecule has 1 saturated carbocycles. The van der Waals surface area contributed by atoms with Crippen LogP contribution in [0.25, 0.3) is 0 Å². The molecule has 0 spiro atoms. The van der Waals surface area contributed by atoms with Gasteiger partial charge in [0.25, 0.3) is 0 Å². The number of carbonyl (C=O) groups excluding carboxylic acids is 1. The fourth-order valence-electron chi connectivity index (χ4n) is 3.85. The number of esters is 1. The van der Waals surface area contributed by atoms with Gasteiger partial charge in [-0.15, -0.1) is 0 Å². The maximum absolute atomic E-state index is 11.3. The van der Waals surface area contributed by atoms with Crippen LogP contribution in [0.4, 0.5) is 0 Å². The predicted molar refractivity (Wildman–Crippen MR) is 88.9 cm³/mol. The molecule has 130 valence electrons. The molecule has 1 aliphatic heterocycles. The van der Waals surface area contributed by atoms with Gasteiger partial charge in [0, 0.05) is 19.3 Å². The normalized spacial score (nSPS) is 38.6. The number of rotatable bonds is 6. The summed E-state index contributed by atoms with van der Waals surface area (Å²) in [6.07, 6.45) is 2.76. The summed E-state index contributed by atoms with van der Waals surface area (Å²) in [5.41, 5.74) is -0.851. The van der Waals surface area contributed by atoms with Crippen LogP contribution in [0.5, 0.6) is 0 Å². The Bertz CT molecular complexity index is 480. The van der Waals surface area contributed by atoms with Crippen molar-refractivity contribution >= 4 is 21.9 Å². The molecule has 1 heterocycles. The summed E-state index contributed by atoms with van der Waals surface area (Å²) in [7, 11) is 0. The van der Waals surface area contributed by atoms with Gasteiger partial charge >= 0.3 is 5.97 Å². The fraction of sp³-hybridized carbons (Fsp3) is 0.882. The minimum Gasteiger partial charge on any atom is -0.459 e. The van der Waals surface area contributed by atoms with Gasteiger partial charge in [-0.2, -0.15) is 5.26 Å². The van der Waals surface area contributed by atoms with E-state index in [1.807, 2.05) is 6.92 Å². The lowest BCUT2D eigenvalue weighted by molar-refractivity contribution is -0.154. The number of nitrogens with zero attached hydrogens (tertiary/aromatic N) is 1. The van der Waals surface area contributed by atoms with Crippen molar-refractivity contribution in [1.82, 2.24) is 0 Å². The molecular formula is C17H26BrNO4. The van der Waals surface area contributed by atoms with Crippen LogP contribution in [0.15, 0.2) is 0 Å². The summed E-state index contributed by atoms with van der Waals surface area (Å²) < 4.78 is 11.4. The quantitative estimate of drug-likeness (QED) is 0.559. The summed E-state index contributed by atoms with van der Waals surface area (Å²) >= 11 is 3.54. The zero-order valence-electron chi connectivity index (χ0n) is 14.0. The third-order valence-corrected chi connectivity index (χ3v) is 5.81. The van der Waals surface area contributed by atoms with Crippen molar-refractivity contribution in [3.05, 3.63) is 0 Å². The van der Waals surface area contributed by atoms with Crippen molar-refractivity contribution < 1.29 is 19.4 Å². The molecular weight excluding hydrogens is 362 g/mol. The molecule has 1 aliphatic carbocycles. The van der Waals surface area contributed by atoms with E-state index in [2.05, 4.69) is 28.9 Å². The zero-order chi connectivity index (χ0) is 17.2. The van der Waals surface area contributed by atoms with E-state index in [9.17, 15) is 9.90 Å². The number of hydrogen-bond acceptors (Lipinski definition) is 5. The third kappa shape index (κ3) is 4.46. The zero-order valence-corrected chi connectivity index (χ0v) is 15.6. The van der Waals surface area contributed by atoms with Crippen LogP contribution in [-0.2, 0) is 14.3 Å². The second-order valence-corrected chi connectivity index (χ2v) is 8.39. The maximum Gasteiger partial charge on any atom is 0.303 e. The molecule has 2 bridgehead atoms. The molecule has 2 aliphatic rings. The molecule has 6 heteroatoms. The monoisotopic (exact) mass is 387 g/mol. The number of alkyl halides is 1. The molecule has 5 nitrogen and oxygen atoms in total. The van der Waals surface area contributed by atoms with Gasteiger partial charge in [-0.05, 0) is 38.5 Å². The highest BCUT2D eigenvalue weighted by Crippen LogP contribution is 2.46. The first-order valence-corrected chi connectivity index (χ1v) is 9.25. The number of fused-ring (bicyclic) bond motifs is 2. The van der Waals surface area contributed by atoms with Crippen molar-refractivity contribution in [2.75, 3.05) is 0 Å². The minimum atomic E-state index is -0.851. The van der Waals surface area contributed by atoms with E-state index in [4.69, 9.17) is 14.7 Å². The van der Waals surface area contributed by atoms with E-state index < -0.39 is 5.60 Å². The van der Waals surface area contributed by atoms with E-state index in [-0.39, 0.29) is 35.0 Å². The van der Waals surface area contributed by atoms with Gasteiger partial charge in [-0.1, -0.05) is 22.9 Å². The molecule has 0 aromatic carbocycles. The fourth-order valence-corrected chi connectivity index (χ4v) is 4.86. The largest absolute Gasteiger partial charge is 0.459 e. The van der Waals surface area contributed by atoms with Crippen LogP contribution < -0.4 is 0 Å². The van der Waals surface area contributed by atoms with Crippen molar-refractivity contribution in [2.24, 2.45) is 11.8 Å². The summed E-state index contributed by atoms with van der Waals surface area (Å²) in [4.78, 5) is 11.2. The van der Waals surface area contributed by atoms with Gasteiger partial charge in [0.05, 0.1) is 28.7 Å². The topological polar surface area (TPSA) is 79.6 Å². The molecule has 0 amide bonds.